The number of carbonyl (C=O) groups is 1. The maximum absolute atomic E-state index is 12.7. The van der Waals surface area contributed by atoms with E-state index in [2.05, 4.69) is 31.2 Å². The zero-order chi connectivity index (χ0) is 18.9. The molecule has 1 N–H and O–H groups in total. The van der Waals surface area contributed by atoms with E-state index in [0.29, 0.717) is 21.4 Å². The third kappa shape index (κ3) is 3.92. The number of hydrogen-bond donors (Lipinski definition) is 1. The summed E-state index contributed by atoms with van der Waals surface area (Å²) >= 11 is 11.9. The number of nitrogens with one attached hydrogen (secondary N) is 1. The van der Waals surface area contributed by atoms with Crippen LogP contribution >= 0.6 is 23.2 Å². The van der Waals surface area contributed by atoms with Gasteiger partial charge in [0.15, 0.2) is 0 Å². The van der Waals surface area contributed by atoms with E-state index in [1.807, 2.05) is 36.4 Å². The van der Waals surface area contributed by atoms with E-state index < -0.39 is 0 Å². The number of carbonyl (C=O) groups excluding carboxylic acids is 1. The Bertz CT molecular complexity index is 943. The lowest BCUT2D eigenvalue weighted by molar-refractivity contribution is 0.102. The first kappa shape index (κ1) is 18.5. The Morgan fingerprint density at radius 2 is 1.69 bits per heavy atom. The lowest BCUT2D eigenvalue weighted by atomic mass is 9.92. The molecule has 0 bridgehead atoms. The van der Waals surface area contributed by atoms with Gasteiger partial charge in [-0.3, -0.25) is 4.79 Å². The van der Waals surface area contributed by atoms with Crippen LogP contribution in [0, 0.1) is 0 Å². The summed E-state index contributed by atoms with van der Waals surface area (Å²) in [7, 11) is 0. The molecule has 0 atom stereocenters. The van der Waals surface area contributed by atoms with E-state index in [1.165, 1.54) is 0 Å². The van der Waals surface area contributed by atoms with Crippen LogP contribution in [-0.4, -0.2) is 15.7 Å². The van der Waals surface area contributed by atoms with E-state index in [1.54, 1.807) is 22.9 Å². The molecule has 0 saturated carbocycles. The molecule has 2 aromatic carbocycles. The Hall–Kier alpha value is -2.30. The van der Waals surface area contributed by atoms with Crippen molar-refractivity contribution in [3.8, 4) is 5.69 Å². The van der Waals surface area contributed by atoms with Crippen molar-refractivity contribution in [1.82, 2.24) is 9.78 Å². The molecule has 0 aliphatic carbocycles. The Kier molecular flexibility index (Phi) is 5.08. The predicted octanol–water partition coefficient (Wildman–Crippen LogP) is 5.73. The minimum atomic E-state index is -0.277. The smallest absolute Gasteiger partial charge is 0.256 e. The topological polar surface area (TPSA) is 46.9 Å². The highest BCUT2D eigenvalue weighted by Crippen LogP contribution is 2.27. The summed E-state index contributed by atoms with van der Waals surface area (Å²) < 4.78 is 1.73. The molecule has 0 spiro atoms. The number of nitrogens with zero attached hydrogens (tertiary/aromatic N) is 2. The first-order chi connectivity index (χ1) is 12.3. The summed E-state index contributed by atoms with van der Waals surface area (Å²) in [6, 6.07) is 16.4. The summed E-state index contributed by atoms with van der Waals surface area (Å²) in [5, 5.41) is 8.36. The molecule has 1 heterocycles. The van der Waals surface area contributed by atoms with Gasteiger partial charge in [0.1, 0.15) is 5.82 Å². The van der Waals surface area contributed by atoms with Crippen LogP contribution in [-0.2, 0) is 5.41 Å². The van der Waals surface area contributed by atoms with Gasteiger partial charge in [-0.25, -0.2) is 4.68 Å². The van der Waals surface area contributed by atoms with E-state index in [4.69, 9.17) is 23.2 Å². The monoisotopic (exact) mass is 387 g/mol. The van der Waals surface area contributed by atoms with Gasteiger partial charge in [0.05, 0.1) is 21.4 Å². The largest absolute Gasteiger partial charge is 0.306 e. The normalized spacial score (nSPS) is 11.4. The minimum absolute atomic E-state index is 0.150. The van der Waals surface area contributed by atoms with Gasteiger partial charge < -0.3 is 5.32 Å². The van der Waals surface area contributed by atoms with Crippen molar-refractivity contribution in [3.63, 3.8) is 0 Å². The molecule has 3 aromatic rings. The van der Waals surface area contributed by atoms with Crippen molar-refractivity contribution in [2.24, 2.45) is 0 Å². The van der Waals surface area contributed by atoms with Crippen LogP contribution in [0.15, 0.2) is 54.6 Å². The highest BCUT2D eigenvalue weighted by Gasteiger charge is 2.22. The van der Waals surface area contributed by atoms with E-state index in [0.717, 1.165) is 11.4 Å². The minimum Gasteiger partial charge on any atom is -0.306 e. The zero-order valence-electron chi connectivity index (χ0n) is 14.8. The van der Waals surface area contributed by atoms with Crippen LogP contribution in [0.2, 0.25) is 10.0 Å². The molecule has 0 unspecified atom stereocenters. The van der Waals surface area contributed by atoms with Crippen molar-refractivity contribution in [2.75, 3.05) is 5.32 Å². The maximum Gasteiger partial charge on any atom is 0.256 e. The number of amides is 1. The number of benzene rings is 2. The van der Waals surface area contributed by atoms with Gasteiger partial charge in [-0.1, -0.05) is 62.2 Å². The van der Waals surface area contributed by atoms with E-state index in [9.17, 15) is 4.79 Å². The van der Waals surface area contributed by atoms with Crippen LogP contribution in [0.25, 0.3) is 5.69 Å². The summed E-state index contributed by atoms with van der Waals surface area (Å²) in [6.07, 6.45) is 0. The number of para-hydroxylation sites is 1. The van der Waals surface area contributed by atoms with Gasteiger partial charge in [0.25, 0.3) is 5.91 Å². The van der Waals surface area contributed by atoms with Crippen LogP contribution in [0.5, 0.6) is 0 Å². The maximum atomic E-state index is 12.7. The average Bonchev–Trinajstić information content (AvgIpc) is 3.02. The number of rotatable bonds is 3. The molecule has 1 aromatic heterocycles. The molecule has 0 aliphatic rings. The van der Waals surface area contributed by atoms with Crippen molar-refractivity contribution in [1.29, 1.82) is 0 Å². The summed E-state index contributed by atoms with van der Waals surface area (Å²) in [6.45, 7) is 6.24. The van der Waals surface area contributed by atoms with E-state index in [-0.39, 0.29) is 11.3 Å². The molecule has 0 saturated heterocycles. The van der Waals surface area contributed by atoms with Crippen molar-refractivity contribution >= 4 is 34.9 Å². The third-order valence-electron chi connectivity index (χ3n) is 3.90. The van der Waals surface area contributed by atoms with Crippen molar-refractivity contribution < 1.29 is 4.79 Å². The summed E-state index contributed by atoms with van der Waals surface area (Å²) in [4.78, 5) is 12.7. The number of anilines is 1. The lowest BCUT2D eigenvalue weighted by Gasteiger charge is -2.14. The molecule has 26 heavy (non-hydrogen) atoms. The third-order valence-corrected chi connectivity index (χ3v) is 4.64. The number of halogens is 2. The zero-order valence-corrected chi connectivity index (χ0v) is 16.3. The quantitative estimate of drug-likeness (QED) is 0.623. The lowest BCUT2D eigenvalue weighted by Crippen LogP contribution is -2.15. The highest BCUT2D eigenvalue weighted by molar-refractivity contribution is 6.42. The molecule has 134 valence electrons. The number of aromatic nitrogens is 2. The van der Waals surface area contributed by atoms with Gasteiger partial charge in [0, 0.05) is 17.0 Å². The molecule has 0 radical (unpaired) electrons. The molecule has 0 aliphatic heterocycles. The SMILES string of the molecule is CC(C)(C)c1cc(NC(=O)c2ccc(Cl)c(Cl)c2)n(-c2ccccc2)n1. The van der Waals surface area contributed by atoms with E-state index >= 15 is 0 Å². The second-order valence-electron chi connectivity index (χ2n) is 7.00. The van der Waals surface area contributed by atoms with Gasteiger partial charge in [-0.05, 0) is 30.3 Å². The van der Waals surface area contributed by atoms with Gasteiger partial charge in [-0.15, -0.1) is 0 Å². The highest BCUT2D eigenvalue weighted by atomic mass is 35.5. The Labute approximate surface area is 162 Å². The second kappa shape index (κ2) is 7.14. The second-order valence-corrected chi connectivity index (χ2v) is 7.81. The molecule has 4 nitrogen and oxygen atoms in total. The van der Waals surface area contributed by atoms with Crippen molar-refractivity contribution in [3.05, 3.63) is 75.9 Å². The Morgan fingerprint density at radius 3 is 2.31 bits per heavy atom. The first-order valence-electron chi connectivity index (χ1n) is 8.18. The van der Waals surface area contributed by atoms with Gasteiger partial charge in [-0.2, -0.15) is 5.10 Å². The first-order valence-corrected chi connectivity index (χ1v) is 8.93. The van der Waals surface area contributed by atoms with Gasteiger partial charge >= 0.3 is 0 Å². The molecular formula is C20H19Cl2N3O. The summed E-state index contributed by atoms with van der Waals surface area (Å²) in [5.74, 6) is 0.318. The fraction of sp³-hybridized carbons (Fsp3) is 0.200. The standard InChI is InChI=1S/C20H19Cl2N3O/c1-20(2,3)17-12-18(25(24-17)14-7-5-4-6-8-14)23-19(26)13-9-10-15(21)16(22)11-13/h4-12H,1-3H3,(H,23,26). The fourth-order valence-electron chi connectivity index (χ4n) is 2.43. The molecule has 6 heteroatoms. The molecular weight excluding hydrogens is 369 g/mol. The Balaban J connectivity index is 1.99. The molecule has 0 fully saturated rings. The average molecular weight is 388 g/mol. The molecule has 3 rings (SSSR count). The number of hydrogen-bond acceptors (Lipinski definition) is 2. The summed E-state index contributed by atoms with van der Waals surface area (Å²) in [5.41, 5.74) is 2.03. The van der Waals surface area contributed by atoms with Crippen molar-refractivity contribution in [2.45, 2.75) is 26.2 Å². The molecule has 1 amide bonds. The van der Waals surface area contributed by atoms with Crippen LogP contribution in [0.1, 0.15) is 36.8 Å². The van der Waals surface area contributed by atoms with Crippen LogP contribution in [0.4, 0.5) is 5.82 Å². The van der Waals surface area contributed by atoms with Crippen LogP contribution in [0.3, 0.4) is 0 Å². The Morgan fingerprint density at radius 1 is 1.00 bits per heavy atom. The fourth-order valence-corrected chi connectivity index (χ4v) is 2.73. The van der Waals surface area contributed by atoms with Crippen LogP contribution < -0.4 is 5.32 Å². The predicted molar refractivity (Wildman–Crippen MR) is 107 cm³/mol. The van der Waals surface area contributed by atoms with Gasteiger partial charge in [0.2, 0.25) is 0 Å².